The number of fused-ring (bicyclic) bond motifs is 8. The van der Waals surface area contributed by atoms with Gasteiger partial charge in [-0.3, -0.25) is 0 Å². The number of nitrogens with zero attached hydrogens (tertiary/aromatic N) is 2. The van der Waals surface area contributed by atoms with E-state index in [0.717, 1.165) is 45.3 Å². The SMILES string of the molecule is CC1(C)c2ccccc2-c2ccc(N(c3ccc(-c4ccccc4)cc3)c3cc(-c4ccc5c(c4)C(c4ccccc4)(c4ccccc4)c4ccc6ccccc6c4-5)cc(N(c4ccccc4)c4ccccc4)c3)cc21. The normalized spacial score (nSPS) is 13.3. The number of benzene rings is 12. The van der Waals surface area contributed by atoms with E-state index in [4.69, 9.17) is 0 Å². The van der Waals surface area contributed by atoms with Crippen LogP contribution in [0.3, 0.4) is 0 Å². The van der Waals surface area contributed by atoms with Crippen LogP contribution in [0.4, 0.5) is 34.1 Å². The van der Waals surface area contributed by atoms with Gasteiger partial charge in [-0.1, -0.05) is 232 Å². The van der Waals surface area contributed by atoms with Gasteiger partial charge in [0, 0.05) is 39.5 Å². The number of hydrogen-bond acceptors (Lipinski definition) is 2. The minimum atomic E-state index is -0.588. The van der Waals surface area contributed by atoms with E-state index < -0.39 is 5.41 Å². The van der Waals surface area contributed by atoms with Crippen LogP contribution in [-0.4, -0.2) is 0 Å². The van der Waals surface area contributed by atoms with Crippen LogP contribution < -0.4 is 9.80 Å². The Hall–Kier alpha value is -9.50. The van der Waals surface area contributed by atoms with E-state index in [-0.39, 0.29) is 5.41 Å². The molecule has 0 heterocycles. The van der Waals surface area contributed by atoms with Crippen LogP contribution in [0.15, 0.2) is 291 Å². The van der Waals surface area contributed by atoms with Crippen molar-refractivity contribution in [2.45, 2.75) is 24.7 Å². The van der Waals surface area contributed by atoms with E-state index in [1.807, 2.05) is 0 Å². The molecule has 76 heavy (non-hydrogen) atoms. The second-order valence-electron chi connectivity index (χ2n) is 20.8. The van der Waals surface area contributed by atoms with Crippen molar-refractivity contribution in [1.82, 2.24) is 0 Å². The molecule has 14 rings (SSSR count). The molecular weight excluding hydrogens is 917 g/mol. The summed E-state index contributed by atoms with van der Waals surface area (Å²) in [5, 5.41) is 2.51. The molecule has 12 aromatic rings. The maximum Gasteiger partial charge on any atom is 0.0714 e. The fraction of sp³-hybridized carbons (Fsp3) is 0.0541. The second kappa shape index (κ2) is 18.2. The van der Waals surface area contributed by atoms with Crippen molar-refractivity contribution in [2.24, 2.45) is 0 Å². The molecule has 0 unspecified atom stereocenters. The first-order valence-electron chi connectivity index (χ1n) is 26.5. The average molecular weight is 971 g/mol. The van der Waals surface area contributed by atoms with Crippen LogP contribution in [0.2, 0.25) is 0 Å². The summed E-state index contributed by atoms with van der Waals surface area (Å²) in [6, 6.07) is 108. The van der Waals surface area contributed by atoms with E-state index >= 15 is 0 Å². The molecule has 2 nitrogen and oxygen atoms in total. The molecule has 2 aliphatic rings. The Morgan fingerprint density at radius 3 is 1.41 bits per heavy atom. The highest BCUT2D eigenvalue weighted by atomic mass is 15.2. The van der Waals surface area contributed by atoms with E-state index in [1.54, 1.807) is 0 Å². The van der Waals surface area contributed by atoms with Crippen molar-refractivity contribution < 1.29 is 0 Å². The van der Waals surface area contributed by atoms with Crippen molar-refractivity contribution >= 4 is 44.9 Å². The van der Waals surface area contributed by atoms with Gasteiger partial charge in [0.15, 0.2) is 0 Å². The van der Waals surface area contributed by atoms with Crippen molar-refractivity contribution in [3.05, 3.63) is 325 Å². The molecule has 0 aromatic heterocycles. The zero-order valence-corrected chi connectivity index (χ0v) is 42.6. The van der Waals surface area contributed by atoms with Crippen LogP contribution in [-0.2, 0) is 10.8 Å². The third-order valence-corrected chi connectivity index (χ3v) is 16.3. The predicted molar refractivity (Wildman–Crippen MR) is 319 cm³/mol. The molecule has 0 atom stereocenters. The molecule has 0 spiro atoms. The zero-order chi connectivity index (χ0) is 50.8. The molecule has 2 heteroatoms. The van der Waals surface area contributed by atoms with Gasteiger partial charge in [0.1, 0.15) is 0 Å². The lowest BCUT2D eigenvalue weighted by molar-refractivity contribution is 0.660. The summed E-state index contributed by atoms with van der Waals surface area (Å²) in [5.74, 6) is 0. The Kier molecular flexibility index (Phi) is 10.8. The number of rotatable bonds is 10. The molecule has 0 radical (unpaired) electrons. The topological polar surface area (TPSA) is 6.48 Å². The lowest BCUT2D eigenvalue weighted by Gasteiger charge is -2.34. The van der Waals surface area contributed by atoms with Gasteiger partial charge < -0.3 is 9.80 Å². The lowest BCUT2D eigenvalue weighted by atomic mass is 9.67. The third kappa shape index (κ3) is 7.24. The largest absolute Gasteiger partial charge is 0.310 e. The summed E-state index contributed by atoms with van der Waals surface area (Å²) in [7, 11) is 0. The number of anilines is 6. The molecule has 0 amide bonds. The zero-order valence-electron chi connectivity index (χ0n) is 42.6. The van der Waals surface area contributed by atoms with Crippen molar-refractivity contribution in [3.63, 3.8) is 0 Å². The van der Waals surface area contributed by atoms with E-state index in [2.05, 4.69) is 315 Å². The minimum absolute atomic E-state index is 0.188. The van der Waals surface area contributed by atoms with Crippen molar-refractivity contribution in [2.75, 3.05) is 9.80 Å². The van der Waals surface area contributed by atoms with Crippen LogP contribution >= 0.6 is 0 Å². The van der Waals surface area contributed by atoms with Gasteiger partial charge in [0.2, 0.25) is 0 Å². The average Bonchev–Trinajstić information content (AvgIpc) is 4.15. The monoisotopic (exact) mass is 970 g/mol. The maximum absolute atomic E-state index is 2.51. The Morgan fingerprint density at radius 1 is 0.263 bits per heavy atom. The molecule has 0 N–H and O–H groups in total. The van der Waals surface area contributed by atoms with Gasteiger partial charge in [-0.15, -0.1) is 0 Å². The Balaban J connectivity index is 1.04. The van der Waals surface area contributed by atoms with Crippen LogP contribution in [0, 0.1) is 0 Å². The predicted octanol–water partition coefficient (Wildman–Crippen LogP) is 19.8. The smallest absolute Gasteiger partial charge is 0.0714 e. The summed E-state index contributed by atoms with van der Waals surface area (Å²) in [4.78, 5) is 4.88. The van der Waals surface area contributed by atoms with Gasteiger partial charge >= 0.3 is 0 Å². The van der Waals surface area contributed by atoms with Gasteiger partial charge in [-0.25, -0.2) is 0 Å². The molecule has 0 aliphatic heterocycles. The summed E-state index contributed by atoms with van der Waals surface area (Å²) in [6.45, 7) is 4.74. The third-order valence-electron chi connectivity index (χ3n) is 16.3. The van der Waals surface area contributed by atoms with E-state index in [9.17, 15) is 0 Å². The standard InChI is InChI=1S/C74H54N2/c1-73(2)68-35-21-20-34-65(68)66-44-42-61(50-70(66)73)76(60-40-36-52(37-41-60)51-22-8-3-9-23-51)63-47-55(46-62(49-63)75(58-29-14-6-15-30-58)59-31-16-7-17-32-59)54-38-43-67-71(48-54)74(56-25-10-4-11-26-56,57-27-12-5-13-28-57)69-45-39-53-24-18-19-33-64(53)72(67)69/h3-50H,1-2H3. The molecule has 0 saturated carbocycles. The quantitative estimate of drug-likeness (QED) is 0.135. The molecule has 12 aromatic carbocycles. The van der Waals surface area contributed by atoms with Crippen LogP contribution in [0.25, 0.3) is 55.3 Å². The molecular formula is C74H54N2. The molecule has 0 saturated heterocycles. The lowest BCUT2D eigenvalue weighted by Crippen LogP contribution is -2.28. The van der Waals surface area contributed by atoms with Gasteiger partial charge in [-0.2, -0.15) is 0 Å². The van der Waals surface area contributed by atoms with Gasteiger partial charge in [-0.05, 0) is 161 Å². The van der Waals surface area contributed by atoms with Gasteiger partial charge in [0.05, 0.1) is 5.41 Å². The Labute approximate surface area is 446 Å². The van der Waals surface area contributed by atoms with Crippen LogP contribution in [0.1, 0.15) is 47.2 Å². The van der Waals surface area contributed by atoms with E-state index in [0.29, 0.717) is 0 Å². The van der Waals surface area contributed by atoms with Gasteiger partial charge in [0.25, 0.3) is 0 Å². The maximum atomic E-state index is 2.51. The highest BCUT2D eigenvalue weighted by Crippen LogP contribution is 2.59. The first-order chi connectivity index (χ1) is 37.4. The first-order valence-corrected chi connectivity index (χ1v) is 26.5. The highest BCUT2D eigenvalue weighted by molar-refractivity contribution is 6.05. The Morgan fingerprint density at radius 2 is 0.750 bits per heavy atom. The molecule has 360 valence electrons. The summed E-state index contributed by atoms with van der Waals surface area (Å²) < 4.78 is 0. The van der Waals surface area contributed by atoms with Crippen LogP contribution in [0.5, 0.6) is 0 Å². The minimum Gasteiger partial charge on any atom is -0.310 e. The summed E-state index contributed by atoms with van der Waals surface area (Å²) >= 11 is 0. The first kappa shape index (κ1) is 45.1. The summed E-state index contributed by atoms with van der Waals surface area (Å²) in [6.07, 6.45) is 0. The Bertz CT molecular complexity index is 4030. The number of hydrogen-bond donors (Lipinski definition) is 0. The molecule has 0 fully saturated rings. The fourth-order valence-corrected chi connectivity index (χ4v) is 12.8. The molecule has 0 bridgehead atoms. The highest BCUT2D eigenvalue weighted by Gasteiger charge is 2.47. The summed E-state index contributed by atoms with van der Waals surface area (Å²) in [5.41, 5.74) is 23.2. The second-order valence-corrected chi connectivity index (χ2v) is 20.8. The molecule has 2 aliphatic carbocycles. The fourth-order valence-electron chi connectivity index (χ4n) is 12.8. The van der Waals surface area contributed by atoms with Crippen molar-refractivity contribution in [1.29, 1.82) is 0 Å². The van der Waals surface area contributed by atoms with Crippen molar-refractivity contribution in [3.8, 4) is 44.5 Å². The number of para-hydroxylation sites is 2. The van der Waals surface area contributed by atoms with E-state index in [1.165, 1.54) is 77.5 Å².